The van der Waals surface area contributed by atoms with Gasteiger partial charge in [0.2, 0.25) is 0 Å². The van der Waals surface area contributed by atoms with Crippen LogP contribution in [0.5, 0.6) is 0 Å². The lowest BCUT2D eigenvalue weighted by Gasteiger charge is -2.13. The third-order valence-electron chi connectivity index (χ3n) is 3.42. The number of halogens is 1. The van der Waals surface area contributed by atoms with E-state index in [1.54, 1.807) is 18.3 Å². The SMILES string of the molecule is NCCc1ccc2cccnc2c1-c1ccccc1F. The summed E-state index contributed by atoms with van der Waals surface area (Å²) in [6.45, 7) is 0.528. The quantitative estimate of drug-likeness (QED) is 0.787. The van der Waals surface area contributed by atoms with Gasteiger partial charge in [-0.15, -0.1) is 0 Å². The molecule has 0 saturated heterocycles. The van der Waals surface area contributed by atoms with Gasteiger partial charge in [-0.3, -0.25) is 4.98 Å². The molecule has 0 fully saturated rings. The third-order valence-corrected chi connectivity index (χ3v) is 3.42. The Hall–Kier alpha value is -2.26. The van der Waals surface area contributed by atoms with Crippen molar-refractivity contribution in [1.82, 2.24) is 4.98 Å². The molecule has 3 heteroatoms. The highest BCUT2D eigenvalue weighted by Gasteiger charge is 2.13. The van der Waals surface area contributed by atoms with E-state index in [9.17, 15) is 4.39 Å². The Morgan fingerprint density at radius 3 is 2.65 bits per heavy atom. The van der Waals surface area contributed by atoms with Crippen molar-refractivity contribution in [2.24, 2.45) is 5.73 Å². The Labute approximate surface area is 117 Å². The van der Waals surface area contributed by atoms with E-state index in [4.69, 9.17) is 5.73 Å². The summed E-state index contributed by atoms with van der Waals surface area (Å²) in [6, 6.07) is 14.7. The average molecular weight is 266 g/mol. The van der Waals surface area contributed by atoms with Gasteiger partial charge in [-0.2, -0.15) is 0 Å². The summed E-state index contributed by atoms with van der Waals surface area (Å²) in [5.41, 5.74) is 8.97. The lowest BCUT2D eigenvalue weighted by molar-refractivity contribution is 0.631. The van der Waals surface area contributed by atoms with Gasteiger partial charge in [0.1, 0.15) is 5.82 Å². The van der Waals surface area contributed by atoms with Crippen LogP contribution in [0, 0.1) is 5.82 Å². The molecule has 0 saturated carbocycles. The monoisotopic (exact) mass is 266 g/mol. The smallest absolute Gasteiger partial charge is 0.131 e. The van der Waals surface area contributed by atoms with Crippen LogP contribution < -0.4 is 5.73 Å². The molecule has 0 radical (unpaired) electrons. The molecule has 100 valence electrons. The van der Waals surface area contributed by atoms with Crippen LogP contribution in [0.25, 0.3) is 22.0 Å². The Balaban J connectivity index is 2.36. The van der Waals surface area contributed by atoms with E-state index in [0.29, 0.717) is 18.5 Å². The lowest BCUT2D eigenvalue weighted by Crippen LogP contribution is -2.05. The third kappa shape index (κ3) is 2.17. The van der Waals surface area contributed by atoms with Crippen molar-refractivity contribution in [3.05, 3.63) is 66.1 Å². The zero-order chi connectivity index (χ0) is 13.9. The van der Waals surface area contributed by atoms with Crippen LogP contribution in [0.15, 0.2) is 54.7 Å². The molecule has 2 N–H and O–H groups in total. The van der Waals surface area contributed by atoms with Crippen molar-refractivity contribution in [1.29, 1.82) is 0 Å². The zero-order valence-corrected chi connectivity index (χ0v) is 11.0. The predicted molar refractivity (Wildman–Crippen MR) is 79.9 cm³/mol. The molecular weight excluding hydrogens is 251 g/mol. The molecular formula is C17H15FN2. The maximum atomic E-state index is 14.2. The largest absolute Gasteiger partial charge is 0.330 e. The highest BCUT2D eigenvalue weighted by atomic mass is 19.1. The first-order chi connectivity index (χ1) is 9.81. The Morgan fingerprint density at radius 2 is 1.85 bits per heavy atom. The van der Waals surface area contributed by atoms with Crippen LogP contribution in [0.2, 0.25) is 0 Å². The second-order valence-corrected chi connectivity index (χ2v) is 4.69. The van der Waals surface area contributed by atoms with Crippen LogP contribution in [-0.2, 0) is 6.42 Å². The molecule has 2 nitrogen and oxygen atoms in total. The van der Waals surface area contributed by atoms with Gasteiger partial charge in [0.25, 0.3) is 0 Å². The summed E-state index contributed by atoms with van der Waals surface area (Å²) in [4.78, 5) is 4.43. The molecule has 3 aromatic rings. The van der Waals surface area contributed by atoms with Crippen molar-refractivity contribution in [3.8, 4) is 11.1 Å². The number of pyridine rings is 1. The van der Waals surface area contributed by atoms with Gasteiger partial charge in [-0.25, -0.2) is 4.39 Å². The molecule has 0 amide bonds. The van der Waals surface area contributed by atoms with E-state index in [-0.39, 0.29) is 5.82 Å². The molecule has 0 aliphatic rings. The van der Waals surface area contributed by atoms with Crippen molar-refractivity contribution in [2.45, 2.75) is 6.42 Å². The second-order valence-electron chi connectivity index (χ2n) is 4.69. The summed E-state index contributed by atoms with van der Waals surface area (Å²) >= 11 is 0. The Bertz CT molecular complexity index is 753. The Morgan fingerprint density at radius 1 is 1.00 bits per heavy atom. The van der Waals surface area contributed by atoms with E-state index < -0.39 is 0 Å². The standard InChI is InChI=1S/C17H15FN2/c18-15-6-2-1-5-14(15)16-12(9-10-19)7-8-13-4-3-11-20-17(13)16/h1-8,11H,9-10,19H2. The number of fused-ring (bicyclic) bond motifs is 1. The average Bonchev–Trinajstić information content (AvgIpc) is 2.48. The molecule has 0 atom stereocenters. The summed E-state index contributed by atoms with van der Waals surface area (Å²) < 4.78 is 14.2. The van der Waals surface area contributed by atoms with Gasteiger partial charge in [0, 0.05) is 22.7 Å². The fourth-order valence-electron chi connectivity index (χ4n) is 2.52. The number of rotatable bonds is 3. The highest BCUT2D eigenvalue weighted by Crippen LogP contribution is 2.32. The first-order valence-corrected chi connectivity index (χ1v) is 6.63. The molecule has 1 aromatic heterocycles. The van der Waals surface area contributed by atoms with E-state index in [0.717, 1.165) is 22.0 Å². The fourth-order valence-corrected chi connectivity index (χ4v) is 2.52. The number of hydrogen-bond donors (Lipinski definition) is 1. The number of aromatic nitrogens is 1. The molecule has 0 aliphatic carbocycles. The van der Waals surface area contributed by atoms with Crippen LogP contribution in [0.4, 0.5) is 4.39 Å². The molecule has 3 rings (SSSR count). The van der Waals surface area contributed by atoms with Gasteiger partial charge in [-0.05, 0) is 30.7 Å². The van der Waals surface area contributed by atoms with Crippen LogP contribution in [-0.4, -0.2) is 11.5 Å². The van der Waals surface area contributed by atoms with Gasteiger partial charge in [-0.1, -0.05) is 36.4 Å². The number of hydrogen-bond acceptors (Lipinski definition) is 2. The van der Waals surface area contributed by atoms with Crippen LogP contribution in [0.1, 0.15) is 5.56 Å². The zero-order valence-electron chi connectivity index (χ0n) is 11.0. The molecule has 1 heterocycles. The van der Waals surface area contributed by atoms with Gasteiger partial charge >= 0.3 is 0 Å². The topological polar surface area (TPSA) is 38.9 Å². The highest BCUT2D eigenvalue weighted by molar-refractivity contribution is 5.95. The first kappa shape index (κ1) is 12.8. The summed E-state index contributed by atoms with van der Waals surface area (Å²) in [7, 11) is 0. The van der Waals surface area contributed by atoms with Gasteiger partial charge in [0.05, 0.1) is 5.52 Å². The molecule has 0 unspecified atom stereocenters. The van der Waals surface area contributed by atoms with Crippen molar-refractivity contribution in [2.75, 3.05) is 6.54 Å². The summed E-state index contributed by atoms with van der Waals surface area (Å²) in [5, 5.41) is 1.01. The van der Waals surface area contributed by atoms with E-state index in [1.807, 2.05) is 30.3 Å². The van der Waals surface area contributed by atoms with Crippen LogP contribution in [0.3, 0.4) is 0 Å². The minimum absolute atomic E-state index is 0.232. The van der Waals surface area contributed by atoms with Gasteiger partial charge in [0.15, 0.2) is 0 Å². The van der Waals surface area contributed by atoms with Gasteiger partial charge < -0.3 is 5.73 Å². The number of nitrogens with two attached hydrogens (primary N) is 1. The summed E-state index contributed by atoms with van der Waals surface area (Å²) in [6.07, 6.45) is 2.44. The van der Waals surface area contributed by atoms with Crippen LogP contribution >= 0.6 is 0 Å². The van der Waals surface area contributed by atoms with E-state index >= 15 is 0 Å². The lowest BCUT2D eigenvalue weighted by atomic mass is 9.94. The maximum Gasteiger partial charge on any atom is 0.131 e. The van der Waals surface area contributed by atoms with E-state index in [2.05, 4.69) is 4.98 Å². The molecule has 0 bridgehead atoms. The number of benzene rings is 2. The van der Waals surface area contributed by atoms with Crippen molar-refractivity contribution >= 4 is 10.9 Å². The van der Waals surface area contributed by atoms with Crippen molar-refractivity contribution < 1.29 is 4.39 Å². The Kier molecular flexibility index (Phi) is 3.44. The maximum absolute atomic E-state index is 14.2. The molecule has 2 aromatic carbocycles. The second kappa shape index (κ2) is 5.39. The minimum Gasteiger partial charge on any atom is -0.330 e. The molecule has 20 heavy (non-hydrogen) atoms. The molecule has 0 aliphatic heterocycles. The summed E-state index contributed by atoms with van der Waals surface area (Å²) in [5.74, 6) is -0.232. The minimum atomic E-state index is -0.232. The fraction of sp³-hybridized carbons (Fsp3) is 0.118. The van der Waals surface area contributed by atoms with Crippen molar-refractivity contribution in [3.63, 3.8) is 0 Å². The molecule has 0 spiro atoms. The number of nitrogens with zero attached hydrogens (tertiary/aromatic N) is 1. The predicted octanol–water partition coefficient (Wildman–Crippen LogP) is 3.54. The van der Waals surface area contributed by atoms with E-state index in [1.165, 1.54) is 6.07 Å². The first-order valence-electron chi connectivity index (χ1n) is 6.63. The normalized spacial score (nSPS) is 10.9.